The molecular weight excluding hydrogens is 168 g/mol. The zero-order chi connectivity index (χ0) is 9.14. The average Bonchev–Trinajstić information content (AvgIpc) is 2.01. The third-order valence-electron chi connectivity index (χ3n) is 2.84. The third kappa shape index (κ3) is 2.40. The van der Waals surface area contributed by atoms with Gasteiger partial charge in [-0.05, 0) is 30.4 Å². The first-order valence-corrected chi connectivity index (χ1v) is 5.99. The molecule has 1 saturated carbocycles. The Labute approximate surface area is 79.9 Å². The Balaban J connectivity index is 2.42. The second kappa shape index (κ2) is 4.52. The van der Waals surface area contributed by atoms with Crippen LogP contribution in [0.1, 0.15) is 33.6 Å². The molecule has 0 aromatic heterocycles. The predicted molar refractivity (Wildman–Crippen MR) is 55.5 cm³/mol. The first-order valence-electron chi connectivity index (χ1n) is 4.94. The molecule has 1 fully saturated rings. The van der Waals surface area contributed by atoms with Gasteiger partial charge in [-0.1, -0.05) is 20.8 Å². The lowest BCUT2D eigenvalue weighted by molar-refractivity contribution is 0.0358. The topological polar surface area (TPSA) is 20.2 Å². The fraction of sp³-hybridized carbons (Fsp3) is 1.00. The highest BCUT2D eigenvalue weighted by Crippen LogP contribution is 2.35. The summed E-state index contributed by atoms with van der Waals surface area (Å²) in [6.07, 6.45) is 2.34. The van der Waals surface area contributed by atoms with Crippen molar-refractivity contribution in [2.75, 3.05) is 5.75 Å². The minimum Gasteiger partial charge on any atom is -0.393 e. The van der Waals surface area contributed by atoms with Crippen molar-refractivity contribution in [3.05, 3.63) is 0 Å². The maximum Gasteiger partial charge on any atom is 0.0592 e. The monoisotopic (exact) mass is 188 g/mol. The van der Waals surface area contributed by atoms with Gasteiger partial charge >= 0.3 is 0 Å². The smallest absolute Gasteiger partial charge is 0.0592 e. The van der Waals surface area contributed by atoms with Gasteiger partial charge in [0.2, 0.25) is 0 Å². The van der Waals surface area contributed by atoms with Crippen LogP contribution in [0.5, 0.6) is 0 Å². The Kier molecular flexibility index (Phi) is 3.91. The Morgan fingerprint density at radius 3 is 2.17 bits per heavy atom. The molecule has 12 heavy (non-hydrogen) atoms. The molecule has 2 unspecified atom stereocenters. The molecule has 2 atom stereocenters. The van der Waals surface area contributed by atoms with E-state index in [0.717, 1.165) is 5.25 Å². The fourth-order valence-electron chi connectivity index (χ4n) is 2.14. The molecule has 0 aliphatic heterocycles. The van der Waals surface area contributed by atoms with Crippen molar-refractivity contribution >= 4 is 11.8 Å². The lowest BCUT2D eigenvalue weighted by Crippen LogP contribution is -2.35. The van der Waals surface area contributed by atoms with Gasteiger partial charge < -0.3 is 5.11 Å². The van der Waals surface area contributed by atoms with Crippen LogP contribution in [0.15, 0.2) is 0 Å². The van der Waals surface area contributed by atoms with Crippen molar-refractivity contribution in [1.82, 2.24) is 0 Å². The number of aliphatic hydroxyl groups excluding tert-OH is 1. The molecule has 0 heterocycles. The van der Waals surface area contributed by atoms with E-state index in [-0.39, 0.29) is 6.10 Å². The van der Waals surface area contributed by atoms with Crippen molar-refractivity contribution in [2.24, 2.45) is 11.8 Å². The number of rotatable bonds is 2. The van der Waals surface area contributed by atoms with Crippen molar-refractivity contribution in [3.63, 3.8) is 0 Å². The summed E-state index contributed by atoms with van der Waals surface area (Å²) in [5.74, 6) is 2.20. The van der Waals surface area contributed by atoms with Crippen LogP contribution in [0.4, 0.5) is 0 Å². The second-order valence-electron chi connectivity index (χ2n) is 3.99. The summed E-state index contributed by atoms with van der Waals surface area (Å²) in [4.78, 5) is 0. The van der Waals surface area contributed by atoms with Gasteiger partial charge in [0.05, 0.1) is 6.10 Å². The molecule has 0 aromatic carbocycles. The Bertz CT molecular complexity index is 126. The Morgan fingerprint density at radius 2 is 1.75 bits per heavy atom. The van der Waals surface area contributed by atoms with Crippen LogP contribution in [-0.2, 0) is 0 Å². The van der Waals surface area contributed by atoms with Crippen molar-refractivity contribution < 1.29 is 5.11 Å². The number of thioether (sulfide) groups is 1. The van der Waals surface area contributed by atoms with E-state index in [1.807, 2.05) is 0 Å². The molecule has 0 amide bonds. The summed E-state index contributed by atoms with van der Waals surface area (Å²) < 4.78 is 0. The SMILES string of the molecule is CCSC1CC(C)C(O)C(C)C1. The molecule has 1 rings (SSSR count). The van der Waals surface area contributed by atoms with Crippen LogP contribution in [0, 0.1) is 11.8 Å². The van der Waals surface area contributed by atoms with E-state index >= 15 is 0 Å². The second-order valence-corrected chi connectivity index (χ2v) is 5.57. The molecular formula is C10H20OS. The van der Waals surface area contributed by atoms with Gasteiger partial charge in [0.1, 0.15) is 0 Å². The molecule has 1 N–H and O–H groups in total. The van der Waals surface area contributed by atoms with Crippen LogP contribution in [0.3, 0.4) is 0 Å². The molecule has 0 saturated heterocycles. The summed E-state index contributed by atoms with van der Waals surface area (Å²) in [5, 5.41) is 10.5. The minimum atomic E-state index is -0.0568. The van der Waals surface area contributed by atoms with Crippen molar-refractivity contribution in [2.45, 2.75) is 45.0 Å². The van der Waals surface area contributed by atoms with Crippen LogP contribution >= 0.6 is 11.8 Å². The highest BCUT2D eigenvalue weighted by Gasteiger charge is 2.31. The molecule has 1 aliphatic carbocycles. The standard InChI is InChI=1S/C10H20OS/c1-4-12-9-5-7(2)10(11)8(3)6-9/h7-11H,4-6H2,1-3H3. The number of hydrogen-bond acceptors (Lipinski definition) is 2. The Hall–Kier alpha value is 0.310. The van der Waals surface area contributed by atoms with E-state index in [9.17, 15) is 5.11 Å². The van der Waals surface area contributed by atoms with E-state index in [4.69, 9.17) is 0 Å². The quantitative estimate of drug-likeness (QED) is 0.718. The molecule has 0 aromatic rings. The van der Waals surface area contributed by atoms with Crippen LogP contribution in [-0.4, -0.2) is 22.2 Å². The number of aliphatic hydroxyl groups is 1. The summed E-state index contributed by atoms with van der Waals surface area (Å²) in [6.45, 7) is 6.55. The van der Waals surface area contributed by atoms with E-state index in [1.54, 1.807) is 0 Å². The molecule has 1 nitrogen and oxygen atoms in total. The highest BCUT2D eigenvalue weighted by molar-refractivity contribution is 7.99. The highest BCUT2D eigenvalue weighted by atomic mass is 32.2. The van der Waals surface area contributed by atoms with E-state index in [1.165, 1.54) is 18.6 Å². The summed E-state index contributed by atoms with van der Waals surface area (Å²) in [5.41, 5.74) is 0. The van der Waals surface area contributed by atoms with E-state index < -0.39 is 0 Å². The number of hydrogen-bond donors (Lipinski definition) is 1. The van der Waals surface area contributed by atoms with Gasteiger partial charge in [0.15, 0.2) is 0 Å². The Morgan fingerprint density at radius 1 is 1.25 bits per heavy atom. The van der Waals surface area contributed by atoms with Gasteiger partial charge in [-0.15, -0.1) is 0 Å². The molecule has 0 radical (unpaired) electrons. The van der Waals surface area contributed by atoms with Crippen LogP contribution in [0.25, 0.3) is 0 Å². The minimum absolute atomic E-state index is 0.0568. The molecule has 1 aliphatic rings. The van der Waals surface area contributed by atoms with Gasteiger partial charge in [0, 0.05) is 5.25 Å². The third-order valence-corrected chi connectivity index (χ3v) is 4.03. The predicted octanol–water partition coefficient (Wildman–Crippen LogP) is 2.54. The van der Waals surface area contributed by atoms with Crippen LogP contribution in [0.2, 0.25) is 0 Å². The van der Waals surface area contributed by atoms with E-state index in [2.05, 4.69) is 32.5 Å². The van der Waals surface area contributed by atoms with Gasteiger partial charge in [-0.2, -0.15) is 11.8 Å². The largest absolute Gasteiger partial charge is 0.393 e. The summed E-state index contributed by atoms with van der Waals surface area (Å²) in [7, 11) is 0. The zero-order valence-electron chi connectivity index (χ0n) is 8.29. The maximum absolute atomic E-state index is 9.72. The van der Waals surface area contributed by atoms with Gasteiger partial charge in [-0.25, -0.2) is 0 Å². The fourth-order valence-corrected chi connectivity index (χ4v) is 3.49. The lowest BCUT2D eigenvalue weighted by Gasteiger charge is -2.35. The first kappa shape index (κ1) is 10.4. The molecule has 0 bridgehead atoms. The van der Waals surface area contributed by atoms with Crippen molar-refractivity contribution in [3.8, 4) is 0 Å². The van der Waals surface area contributed by atoms with Gasteiger partial charge in [-0.3, -0.25) is 0 Å². The molecule has 72 valence electrons. The van der Waals surface area contributed by atoms with Gasteiger partial charge in [0.25, 0.3) is 0 Å². The normalized spacial score (nSPS) is 43.0. The lowest BCUT2D eigenvalue weighted by atomic mass is 9.80. The maximum atomic E-state index is 9.72. The van der Waals surface area contributed by atoms with Crippen LogP contribution < -0.4 is 0 Å². The zero-order valence-corrected chi connectivity index (χ0v) is 9.10. The van der Waals surface area contributed by atoms with Crippen molar-refractivity contribution in [1.29, 1.82) is 0 Å². The average molecular weight is 188 g/mol. The summed E-state index contributed by atoms with van der Waals surface area (Å²) >= 11 is 2.05. The molecule has 2 heteroatoms. The molecule has 0 spiro atoms. The van der Waals surface area contributed by atoms with E-state index in [0.29, 0.717) is 11.8 Å². The summed E-state index contributed by atoms with van der Waals surface area (Å²) in [6, 6.07) is 0. The first-order chi connectivity index (χ1) is 5.65.